The summed E-state index contributed by atoms with van der Waals surface area (Å²) in [5.41, 5.74) is 1.44. The van der Waals surface area contributed by atoms with Gasteiger partial charge in [-0.15, -0.1) is 0 Å². The molecule has 0 bridgehead atoms. The van der Waals surface area contributed by atoms with Gasteiger partial charge in [0.05, 0.1) is 31.7 Å². The maximum atomic E-state index is 13.1. The van der Waals surface area contributed by atoms with Crippen LogP contribution in [0.15, 0.2) is 57.7 Å². The second-order valence-electron chi connectivity index (χ2n) is 7.85. The molecule has 0 aliphatic heterocycles. The Balaban J connectivity index is 1.58. The number of furan rings is 1. The topological polar surface area (TPSA) is 115 Å². The maximum Gasteiger partial charge on any atom is 0.289 e. The largest absolute Gasteiger partial charge is 0.493 e. The molecule has 0 fully saturated rings. The fraction of sp³-hybridized carbons (Fsp3) is 0.231. The Bertz CT molecular complexity index is 1450. The molecule has 4 aromatic rings. The average molecular weight is 476 g/mol. The van der Waals surface area contributed by atoms with Gasteiger partial charge in [-0.3, -0.25) is 14.4 Å². The van der Waals surface area contributed by atoms with Crippen molar-refractivity contribution in [2.75, 3.05) is 20.8 Å². The molecule has 180 valence electrons. The summed E-state index contributed by atoms with van der Waals surface area (Å²) in [6.07, 6.45) is 0. The van der Waals surface area contributed by atoms with Crippen molar-refractivity contribution in [3.63, 3.8) is 0 Å². The number of ketones is 1. The first kappa shape index (κ1) is 23.7. The van der Waals surface area contributed by atoms with Crippen LogP contribution in [0, 0.1) is 0 Å². The number of methoxy groups -OCH3 is 2. The van der Waals surface area contributed by atoms with Crippen molar-refractivity contribution in [1.29, 1.82) is 0 Å². The molecule has 2 aromatic carbocycles. The highest BCUT2D eigenvalue weighted by Gasteiger charge is 2.21. The number of benzene rings is 2. The van der Waals surface area contributed by atoms with Crippen LogP contribution >= 0.6 is 0 Å². The summed E-state index contributed by atoms with van der Waals surface area (Å²) in [4.78, 5) is 46.1. The number of hydrogen-bond acceptors (Lipinski definition) is 7. The van der Waals surface area contributed by atoms with Gasteiger partial charge in [0.15, 0.2) is 23.0 Å². The third-order valence-electron chi connectivity index (χ3n) is 5.66. The normalized spacial score (nSPS) is 10.9. The number of Topliss-reactive ketones (excluding diaryl/α,β-unsaturated/α-hetero) is 1. The van der Waals surface area contributed by atoms with Crippen LogP contribution in [0.1, 0.15) is 40.6 Å². The molecule has 9 heteroatoms. The number of H-pyrrole nitrogens is 1. The molecule has 4 rings (SSSR count). The third kappa shape index (κ3) is 4.79. The van der Waals surface area contributed by atoms with Gasteiger partial charge in [-0.05, 0) is 32.0 Å². The third-order valence-corrected chi connectivity index (χ3v) is 5.66. The van der Waals surface area contributed by atoms with Gasteiger partial charge < -0.3 is 23.8 Å². The summed E-state index contributed by atoms with van der Waals surface area (Å²) in [6, 6.07) is 13.5. The lowest BCUT2D eigenvalue weighted by Crippen LogP contribution is -2.31. The second-order valence-corrected chi connectivity index (χ2v) is 7.85. The molecule has 0 aliphatic carbocycles. The number of nitrogens with one attached hydrogen (secondary N) is 1. The van der Waals surface area contributed by atoms with E-state index >= 15 is 0 Å². The molecule has 2 aromatic heterocycles. The van der Waals surface area contributed by atoms with Crippen molar-refractivity contribution in [2.45, 2.75) is 20.4 Å². The lowest BCUT2D eigenvalue weighted by atomic mass is 10.1. The summed E-state index contributed by atoms with van der Waals surface area (Å²) >= 11 is 0. The number of fused-ring (bicyclic) bond motifs is 1. The SMILES string of the molecule is CCN(Cc1nc2cc(OC)c(OC)cc2c(=O)[nH]1)C(=O)c1ccc(-c2ccc(C(C)=O)cc2)o1. The van der Waals surface area contributed by atoms with Gasteiger partial charge in [-0.25, -0.2) is 4.98 Å². The van der Waals surface area contributed by atoms with E-state index < -0.39 is 0 Å². The molecular weight excluding hydrogens is 450 g/mol. The fourth-order valence-corrected chi connectivity index (χ4v) is 3.73. The Morgan fingerprint density at radius 3 is 2.34 bits per heavy atom. The average Bonchev–Trinajstić information content (AvgIpc) is 3.36. The molecule has 9 nitrogen and oxygen atoms in total. The van der Waals surface area contributed by atoms with Crippen LogP contribution in [0.25, 0.3) is 22.2 Å². The van der Waals surface area contributed by atoms with Crippen LogP contribution < -0.4 is 15.0 Å². The highest BCUT2D eigenvalue weighted by molar-refractivity contribution is 5.94. The highest BCUT2D eigenvalue weighted by Crippen LogP contribution is 2.30. The molecular formula is C26H25N3O6. The number of hydrogen-bond donors (Lipinski definition) is 1. The van der Waals surface area contributed by atoms with E-state index in [1.54, 1.807) is 48.5 Å². The molecule has 0 atom stereocenters. The molecule has 1 N–H and O–H groups in total. The van der Waals surface area contributed by atoms with Gasteiger partial charge in [0.1, 0.15) is 11.6 Å². The Labute approximate surface area is 201 Å². The summed E-state index contributed by atoms with van der Waals surface area (Å²) in [6.45, 7) is 3.78. The molecule has 35 heavy (non-hydrogen) atoms. The van der Waals surface area contributed by atoms with E-state index in [-0.39, 0.29) is 29.6 Å². The number of carbonyl (C=O) groups is 2. The highest BCUT2D eigenvalue weighted by atomic mass is 16.5. The van der Waals surface area contributed by atoms with Gasteiger partial charge in [0.25, 0.3) is 11.5 Å². The minimum Gasteiger partial charge on any atom is -0.493 e. The molecule has 0 saturated carbocycles. The zero-order valence-electron chi connectivity index (χ0n) is 19.9. The predicted molar refractivity (Wildman–Crippen MR) is 130 cm³/mol. The van der Waals surface area contributed by atoms with E-state index in [0.29, 0.717) is 46.1 Å². The van der Waals surface area contributed by atoms with E-state index in [0.717, 1.165) is 5.56 Å². The van der Waals surface area contributed by atoms with Crippen molar-refractivity contribution < 1.29 is 23.5 Å². The first-order chi connectivity index (χ1) is 16.8. The smallest absolute Gasteiger partial charge is 0.289 e. The zero-order valence-corrected chi connectivity index (χ0v) is 19.9. The van der Waals surface area contributed by atoms with Crippen molar-refractivity contribution in [3.8, 4) is 22.8 Å². The van der Waals surface area contributed by atoms with Crippen LogP contribution in [0.3, 0.4) is 0 Å². The van der Waals surface area contributed by atoms with E-state index in [1.165, 1.54) is 26.0 Å². The molecule has 0 unspecified atom stereocenters. The van der Waals surface area contributed by atoms with Gasteiger partial charge >= 0.3 is 0 Å². The van der Waals surface area contributed by atoms with Gasteiger partial charge in [-0.2, -0.15) is 0 Å². The van der Waals surface area contributed by atoms with Crippen LogP contribution in [0.2, 0.25) is 0 Å². The second kappa shape index (κ2) is 9.84. The van der Waals surface area contributed by atoms with Crippen LogP contribution in [0.4, 0.5) is 0 Å². The quantitative estimate of drug-likeness (QED) is 0.382. The van der Waals surface area contributed by atoms with Crippen molar-refractivity contribution in [3.05, 3.63) is 76.0 Å². The predicted octanol–water partition coefficient (Wildman–Crippen LogP) is 4.07. The standard InChI is InChI=1S/C26H25N3O6/c1-5-29(14-24-27-19-13-23(34-4)22(33-3)12-18(19)25(31)28-24)26(32)21-11-10-20(35-21)17-8-6-16(7-9-17)15(2)30/h6-13H,5,14H2,1-4H3,(H,27,28,31). The lowest BCUT2D eigenvalue weighted by molar-refractivity contribution is 0.0717. The van der Waals surface area contributed by atoms with Crippen molar-refractivity contribution in [2.24, 2.45) is 0 Å². The Morgan fingerprint density at radius 2 is 1.71 bits per heavy atom. The van der Waals surface area contributed by atoms with Crippen LogP contribution in [-0.4, -0.2) is 47.3 Å². The van der Waals surface area contributed by atoms with Crippen LogP contribution in [-0.2, 0) is 6.54 Å². The minimum atomic E-state index is -0.344. The zero-order chi connectivity index (χ0) is 25.1. The van der Waals surface area contributed by atoms with Crippen molar-refractivity contribution in [1.82, 2.24) is 14.9 Å². The number of nitrogens with zero attached hydrogens (tertiary/aromatic N) is 2. The number of amides is 1. The minimum absolute atomic E-state index is 0.0247. The Morgan fingerprint density at radius 1 is 1.03 bits per heavy atom. The summed E-state index contributed by atoms with van der Waals surface area (Å²) < 4.78 is 16.4. The Kier molecular flexibility index (Phi) is 6.68. The molecule has 1 amide bonds. The summed E-state index contributed by atoms with van der Waals surface area (Å²) in [5, 5.41) is 0.354. The fourth-order valence-electron chi connectivity index (χ4n) is 3.73. The van der Waals surface area contributed by atoms with E-state index in [4.69, 9.17) is 13.9 Å². The number of aromatic amines is 1. The number of carbonyl (C=O) groups excluding carboxylic acids is 2. The summed E-state index contributed by atoms with van der Waals surface area (Å²) in [5.74, 6) is 1.51. The molecule has 0 aliphatic rings. The van der Waals surface area contributed by atoms with Gasteiger partial charge in [0.2, 0.25) is 0 Å². The Hall–Kier alpha value is -4.40. The van der Waals surface area contributed by atoms with Gasteiger partial charge in [0, 0.05) is 23.7 Å². The van der Waals surface area contributed by atoms with Crippen molar-refractivity contribution >= 4 is 22.6 Å². The first-order valence-electron chi connectivity index (χ1n) is 11.0. The lowest BCUT2D eigenvalue weighted by Gasteiger charge is -2.19. The monoisotopic (exact) mass is 475 g/mol. The molecule has 0 spiro atoms. The number of aromatic nitrogens is 2. The van der Waals surface area contributed by atoms with E-state index in [1.807, 2.05) is 6.92 Å². The summed E-state index contributed by atoms with van der Waals surface area (Å²) in [7, 11) is 3.00. The molecule has 2 heterocycles. The number of rotatable bonds is 8. The first-order valence-corrected chi connectivity index (χ1v) is 11.0. The van der Waals surface area contributed by atoms with E-state index in [9.17, 15) is 14.4 Å². The maximum absolute atomic E-state index is 13.1. The number of ether oxygens (including phenoxy) is 2. The van der Waals surface area contributed by atoms with E-state index in [2.05, 4.69) is 9.97 Å². The van der Waals surface area contributed by atoms with Crippen LogP contribution in [0.5, 0.6) is 11.5 Å². The molecule has 0 saturated heterocycles. The van der Waals surface area contributed by atoms with Gasteiger partial charge in [-0.1, -0.05) is 24.3 Å². The molecule has 0 radical (unpaired) electrons.